The van der Waals surface area contributed by atoms with Gasteiger partial charge in [0.1, 0.15) is 17.5 Å². The Morgan fingerprint density at radius 2 is 2.00 bits per heavy atom. The first-order valence-electron chi connectivity index (χ1n) is 7.05. The number of rotatable bonds is 4. The van der Waals surface area contributed by atoms with Crippen LogP contribution in [0.3, 0.4) is 0 Å². The molecule has 3 rings (SSSR count). The van der Waals surface area contributed by atoms with Gasteiger partial charge in [0, 0.05) is 30.5 Å². The van der Waals surface area contributed by atoms with E-state index >= 15 is 0 Å². The molecule has 108 valence electrons. The first-order chi connectivity index (χ1) is 9.67. The fraction of sp³-hybridized carbons (Fsp3) is 0.615. The van der Waals surface area contributed by atoms with Crippen molar-refractivity contribution in [3.63, 3.8) is 0 Å². The Balaban J connectivity index is 1.80. The molecule has 1 saturated carbocycles. The molecule has 1 atom stereocenters. The predicted molar refractivity (Wildman–Crippen MR) is 76.2 cm³/mol. The van der Waals surface area contributed by atoms with Gasteiger partial charge in [-0.1, -0.05) is 0 Å². The van der Waals surface area contributed by atoms with Crippen molar-refractivity contribution in [2.45, 2.75) is 44.6 Å². The van der Waals surface area contributed by atoms with Crippen LogP contribution in [0.1, 0.15) is 43.0 Å². The third kappa shape index (κ3) is 2.67. The molecule has 1 unspecified atom stereocenters. The van der Waals surface area contributed by atoms with E-state index in [1.165, 1.54) is 0 Å². The fourth-order valence-electron chi connectivity index (χ4n) is 2.39. The van der Waals surface area contributed by atoms with Crippen molar-refractivity contribution in [1.29, 1.82) is 0 Å². The molecule has 0 aromatic carbocycles. The lowest BCUT2D eigenvalue weighted by atomic mass is 10.1. The zero-order valence-corrected chi connectivity index (χ0v) is 11.6. The van der Waals surface area contributed by atoms with E-state index in [-0.39, 0.29) is 11.9 Å². The standard InChI is InChI=1S/C13H20N6O/c1-7-11(16-9-4-5-10(20)15-6-9)17-13(8-2-3-8)18-12(7)19-14/h8-9H,2-6,14H2,1H3,(H,15,20)(H2,16,17,18,19). The Hall–Kier alpha value is -1.89. The van der Waals surface area contributed by atoms with E-state index in [1.807, 2.05) is 6.92 Å². The highest BCUT2D eigenvalue weighted by Crippen LogP contribution is 2.39. The summed E-state index contributed by atoms with van der Waals surface area (Å²) in [5, 5.41) is 6.27. The third-order valence-electron chi connectivity index (χ3n) is 3.85. The summed E-state index contributed by atoms with van der Waals surface area (Å²) in [6, 6.07) is 0.207. The first kappa shape index (κ1) is 13.1. The zero-order chi connectivity index (χ0) is 14.1. The van der Waals surface area contributed by atoms with Gasteiger partial charge in [-0.2, -0.15) is 0 Å². The van der Waals surface area contributed by atoms with Gasteiger partial charge in [0.15, 0.2) is 0 Å². The molecule has 2 heterocycles. The lowest BCUT2D eigenvalue weighted by Gasteiger charge is -2.25. The van der Waals surface area contributed by atoms with Crippen LogP contribution < -0.4 is 21.9 Å². The van der Waals surface area contributed by atoms with E-state index in [0.717, 1.165) is 36.5 Å². The molecule has 1 aromatic rings. The Labute approximate surface area is 117 Å². The number of carbonyl (C=O) groups excluding carboxylic acids is 1. The zero-order valence-electron chi connectivity index (χ0n) is 11.6. The van der Waals surface area contributed by atoms with Crippen LogP contribution in [0.25, 0.3) is 0 Å². The van der Waals surface area contributed by atoms with E-state index in [2.05, 4.69) is 26.0 Å². The maximum atomic E-state index is 11.2. The minimum Gasteiger partial charge on any atom is -0.365 e. The number of carbonyl (C=O) groups is 1. The monoisotopic (exact) mass is 276 g/mol. The summed E-state index contributed by atoms with van der Waals surface area (Å²) in [7, 11) is 0. The number of nitrogens with one attached hydrogen (secondary N) is 3. The fourth-order valence-corrected chi connectivity index (χ4v) is 2.39. The molecule has 20 heavy (non-hydrogen) atoms. The highest BCUT2D eigenvalue weighted by atomic mass is 16.1. The summed E-state index contributed by atoms with van der Waals surface area (Å²) in [6.07, 6.45) is 3.66. The summed E-state index contributed by atoms with van der Waals surface area (Å²) in [5.74, 6) is 8.46. The molecule has 0 bridgehead atoms. The molecule has 1 amide bonds. The number of amides is 1. The molecule has 7 nitrogen and oxygen atoms in total. The van der Waals surface area contributed by atoms with Crippen molar-refractivity contribution in [3.05, 3.63) is 11.4 Å². The number of piperidine rings is 1. The van der Waals surface area contributed by atoms with E-state index in [1.54, 1.807) is 0 Å². The van der Waals surface area contributed by atoms with Crippen molar-refractivity contribution < 1.29 is 4.79 Å². The molecule has 0 spiro atoms. The van der Waals surface area contributed by atoms with Gasteiger partial charge in [-0.25, -0.2) is 15.8 Å². The van der Waals surface area contributed by atoms with Crippen LogP contribution in [0, 0.1) is 6.92 Å². The van der Waals surface area contributed by atoms with Crippen LogP contribution in [0.2, 0.25) is 0 Å². The van der Waals surface area contributed by atoms with E-state index in [4.69, 9.17) is 5.84 Å². The molecule has 1 aliphatic heterocycles. The second-order valence-electron chi connectivity index (χ2n) is 5.51. The predicted octanol–water partition coefficient (Wildman–Crippen LogP) is 0.639. The highest BCUT2D eigenvalue weighted by molar-refractivity contribution is 5.77. The molecule has 0 radical (unpaired) electrons. The molecular weight excluding hydrogens is 256 g/mol. The lowest BCUT2D eigenvalue weighted by Crippen LogP contribution is -2.42. The minimum absolute atomic E-state index is 0.116. The third-order valence-corrected chi connectivity index (χ3v) is 3.85. The van der Waals surface area contributed by atoms with Crippen LogP contribution in [0.5, 0.6) is 0 Å². The average Bonchev–Trinajstić information content (AvgIpc) is 3.28. The van der Waals surface area contributed by atoms with E-state index in [0.29, 0.717) is 24.7 Å². The normalized spacial score (nSPS) is 22.3. The molecule has 2 fully saturated rings. The number of nitrogens with zero attached hydrogens (tertiary/aromatic N) is 2. The van der Waals surface area contributed by atoms with Crippen LogP contribution in [0.15, 0.2) is 0 Å². The van der Waals surface area contributed by atoms with Gasteiger partial charge in [-0.3, -0.25) is 4.79 Å². The number of anilines is 2. The molecule has 1 aromatic heterocycles. The lowest BCUT2D eigenvalue weighted by molar-refractivity contribution is -0.122. The number of nitrogen functional groups attached to an aromatic ring is 1. The van der Waals surface area contributed by atoms with Gasteiger partial charge in [-0.15, -0.1) is 0 Å². The number of hydrogen-bond donors (Lipinski definition) is 4. The summed E-state index contributed by atoms with van der Waals surface area (Å²) in [4.78, 5) is 20.3. The van der Waals surface area contributed by atoms with Crippen molar-refractivity contribution >= 4 is 17.5 Å². The molecule has 1 saturated heterocycles. The summed E-state index contributed by atoms with van der Waals surface area (Å²) in [6.45, 7) is 2.57. The maximum Gasteiger partial charge on any atom is 0.220 e. The summed E-state index contributed by atoms with van der Waals surface area (Å²) in [5.41, 5.74) is 3.55. The van der Waals surface area contributed by atoms with Crippen LogP contribution in [0.4, 0.5) is 11.6 Å². The Morgan fingerprint density at radius 3 is 2.60 bits per heavy atom. The summed E-state index contributed by atoms with van der Waals surface area (Å²) >= 11 is 0. The number of aromatic nitrogens is 2. The topological polar surface area (TPSA) is 105 Å². The van der Waals surface area contributed by atoms with Gasteiger partial charge in [0.25, 0.3) is 0 Å². The van der Waals surface area contributed by atoms with Gasteiger partial charge in [-0.05, 0) is 26.2 Å². The average molecular weight is 276 g/mol. The Kier molecular flexibility index (Phi) is 3.43. The minimum atomic E-state index is 0.116. The number of nitrogens with two attached hydrogens (primary N) is 1. The van der Waals surface area contributed by atoms with Crippen LogP contribution in [-0.4, -0.2) is 28.5 Å². The van der Waals surface area contributed by atoms with Crippen LogP contribution in [-0.2, 0) is 4.79 Å². The second kappa shape index (κ2) is 5.24. The molecular formula is C13H20N6O. The largest absolute Gasteiger partial charge is 0.365 e. The quantitative estimate of drug-likeness (QED) is 0.475. The van der Waals surface area contributed by atoms with Crippen molar-refractivity contribution in [1.82, 2.24) is 15.3 Å². The van der Waals surface area contributed by atoms with E-state index in [9.17, 15) is 4.79 Å². The Morgan fingerprint density at radius 1 is 1.25 bits per heavy atom. The molecule has 2 aliphatic rings. The Bertz CT molecular complexity index is 518. The SMILES string of the molecule is Cc1c(NN)nc(C2CC2)nc1NC1CCC(=O)NC1. The van der Waals surface area contributed by atoms with Crippen molar-refractivity contribution in [2.24, 2.45) is 5.84 Å². The maximum absolute atomic E-state index is 11.2. The van der Waals surface area contributed by atoms with Crippen LogP contribution >= 0.6 is 0 Å². The molecule has 7 heteroatoms. The first-order valence-corrected chi connectivity index (χ1v) is 7.05. The van der Waals surface area contributed by atoms with E-state index < -0.39 is 0 Å². The molecule has 1 aliphatic carbocycles. The highest BCUT2D eigenvalue weighted by Gasteiger charge is 2.28. The number of hydrogen-bond acceptors (Lipinski definition) is 6. The van der Waals surface area contributed by atoms with Gasteiger partial charge < -0.3 is 16.1 Å². The van der Waals surface area contributed by atoms with Crippen molar-refractivity contribution in [2.75, 3.05) is 17.3 Å². The van der Waals surface area contributed by atoms with Gasteiger partial charge in [0.05, 0.1) is 0 Å². The second-order valence-corrected chi connectivity index (χ2v) is 5.51. The van der Waals surface area contributed by atoms with Gasteiger partial charge >= 0.3 is 0 Å². The number of hydrazine groups is 1. The smallest absolute Gasteiger partial charge is 0.220 e. The van der Waals surface area contributed by atoms with Gasteiger partial charge in [0.2, 0.25) is 5.91 Å². The summed E-state index contributed by atoms with van der Waals surface area (Å²) < 4.78 is 0. The van der Waals surface area contributed by atoms with Crippen molar-refractivity contribution in [3.8, 4) is 0 Å². The molecule has 5 N–H and O–H groups in total.